The van der Waals surface area contributed by atoms with E-state index in [0.29, 0.717) is 0 Å². The zero-order valence-electron chi connectivity index (χ0n) is 7.96. The molecule has 8 heavy (non-hydrogen) atoms. The summed E-state index contributed by atoms with van der Waals surface area (Å²) in [6.07, 6.45) is 0. The Labute approximate surface area is 58.7 Å². The highest BCUT2D eigenvalue weighted by molar-refractivity contribution is 6.30. The van der Waals surface area contributed by atoms with E-state index in [1.165, 1.54) is 0 Å². The predicted molar refractivity (Wildman–Crippen MR) is 35.9 cm³/mol. The Kier molecular flexibility index (Phi) is 0.584. The number of rotatable bonds is 0. The molecule has 0 fully saturated rings. The highest BCUT2D eigenvalue weighted by atomic mass is 35.5. The van der Waals surface area contributed by atoms with Crippen molar-refractivity contribution in [3.8, 4) is 0 Å². The van der Waals surface area contributed by atoms with E-state index < -0.39 is 0 Å². The van der Waals surface area contributed by atoms with E-state index in [9.17, 15) is 0 Å². The van der Waals surface area contributed by atoms with Gasteiger partial charge in [0.1, 0.15) is 0 Å². The van der Waals surface area contributed by atoms with E-state index in [0.717, 1.165) is 0 Å². The molecular formula is C6H6ClN. The highest BCUT2D eigenvalue weighted by Crippen LogP contribution is 2.09. The van der Waals surface area contributed by atoms with Crippen molar-refractivity contribution in [1.82, 2.24) is 0 Å². The average Bonchev–Trinajstić information content (AvgIpc) is 2.08. The van der Waals surface area contributed by atoms with Gasteiger partial charge in [0.05, 0.1) is 5.48 Å². The van der Waals surface area contributed by atoms with Crippen molar-refractivity contribution < 1.29 is 5.48 Å². The molecule has 1 aromatic carbocycles. The fourth-order valence-corrected chi connectivity index (χ4v) is 0.401. The second-order valence-corrected chi connectivity index (χ2v) is 1.61. The summed E-state index contributed by atoms with van der Waals surface area (Å²) in [5.41, 5.74) is 5.11. The number of anilines is 1. The van der Waals surface area contributed by atoms with E-state index in [1.54, 1.807) is 0 Å². The van der Waals surface area contributed by atoms with Gasteiger partial charge in [-0.3, -0.25) is 0 Å². The first-order valence-corrected chi connectivity index (χ1v) is 2.36. The van der Waals surface area contributed by atoms with Gasteiger partial charge in [0.25, 0.3) is 0 Å². The van der Waals surface area contributed by atoms with Crippen molar-refractivity contribution in [2.24, 2.45) is 0 Å². The number of benzene rings is 1. The molecule has 0 atom stereocenters. The Hall–Kier alpha value is -0.690. The summed E-state index contributed by atoms with van der Waals surface area (Å²) in [5, 5.41) is -0.195. The Bertz CT molecular complexity index is 234. The Morgan fingerprint density at radius 2 is 1.88 bits per heavy atom. The molecule has 0 amide bonds. The second kappa shape index (κ2) is 2.05. The molecule has 0 aliphatic rings. The van der Waals surface area contributed by atoms with Gasteiger partial charge in [-0.2, -0.15) is 0 Å². The second-order valence-electron chi connectivity index (χ2n) is 1.23. The zero-order valence-corrected chi connectivity index (χ0v) is 4.71. The first-order valence-electron chi connectivity index (χ1n) is 3.98. The van der Waals surface area contributed by atoms with Gasteiger partial charge < -0.3 is 5.73 Å². The fourth-order valence-electron chi connectivity index (χ4n) is 0.307. The van der Waals surface area contributed by atoms with Crippen LogP contribution in [0.5, 0.6) is 0 Å². The van der Waals surface area contributed by atoms with E-state index in [2.05, 4.69) is 0 Å². The van der Waals surface area contributed by atoms with Gasteiger partial charge in [-0.15, -0.1) is 0 Å². The summed E-state index contributed by atoms with van der Waals surface area (Å²) in [7, 11) is 0. The lowest BCUT2D eigenvalue weighted by atomic mass is 10.3. The predicted octanol–water partition coefficient (Wildman–Crippen LogP) is 1.92. The Balaban J connectivity index is 3.60. The summed E-state index contributed by atoms with van der Waals surface area (Å²) in [6.45, 7) is 0. The third kappa shape index (κ3) is 1.14. The van der Waals surface area contributed by atoms with Crippen molar-refractivity contribution in [3.63, 3.8) is 0 Å². The van der Waals surface area contributed by atoms with E-state index in [-0.39, 0.29) is 34.9 Å². The van der Waals surface area contributed by atoms with Crippen LogP contribution in [0.2, 0.25) is 5.02 Å². The molecule has 1 aromatic rings. The minimum Gasteiger partial charge on any atom is -0.399 e. The van der Waals surface area contributed by atoms with Gasteiger partial charge in [0, 0.05) is 10.7 Å². The standard InChI is InChI=1S/C6H6ClN/c7-5-1-3-6(8)4-2-5/h1-4H,8H2/i1D,2D,3D,4D. The summed E-state index contributed by atoms with van der Waals surface area (Å²) in [6, 6.07) is -1.17. The van der Waals surface area contributed by atoms with Gasteiger partial charge in [0.15, 0.2) is 0 Å². The zero-order chi connectivity index (χ0) is 9.46. The normalized spacial score (nSPS) is 16.1. The van der Waals surface area contributed by atoms with Gasteiger partial charge in [-0.1, -0.05) is 11.6 Å². The lowest BCUT2D eigenvalue weighted by molar-refractivity contribution is 1.69. The largest absolute Gasteiger partial charge is 0.399 e. The van der Waals surface area contributed by atoms with Crippen LogP contribution in [0.25, 0.3) is 0 Å². The van der Waals surface area contributed by atoms with E-state index >= 15 is 0 Å². The molecule has 0 aliphatic heterocycles. The summed E-state index contributed by atoms with van der Waals surface area (Å²) in [4.78, 5) is 0. The van der Waals surface area contributed by atoms with Gasteiger partial charge in [0.2, 0.25) is 0 Å². The van der Waals surface area contributed by atoms with Crippen LogP contribution in [0.4, 0.5) is 5.69 Å². The summed E-state index contributed by atoms with van der Waals surface area (Å²) >= 11 is 5.49. The first kappa shape index (κ1) is 2.28. The molecule has 42 valence electrons. The third-order valence-corrected chi connectivity index (χ3v) is 0.803. The van der Waals surface area contributed by atoms with Crippen LogP contribution < -0.4 is 5.73 Å². The molecule has 0 bridgehead atoms. The van der Waals surface area contributed by atoms with Crippen LogP contribution in [0.1, 0.15) is 5.48 Å². The van der Waals surface area contributed by atoms with Crippen molar-refractivity contribution in [2.75, 3.05) is 5.73 Å². The quantitative estimate of drug-likeness (QED) is 0.535. The van der Waals surface area contributed by atoms with Crippen LogP contribution in [-0.2, 0) is 0 Å². The molecule has 1 nitrogen and oxygen atoms in total. The molecule has 0 spiro atoms. The van der Waals surface area contributed by atoms with Gasteiger partial charge in [-0.25, -0.2) is 0 Å². The summed E-state index contributed by atoms with van der Waals surface area (Å²) in [5.74, 6) is 0. The van der Waals surface area contributed by atoms with Crippen LogP contribution in [-0.4, -0.2) is 0 Å². The number of nitrogen functional groups attached to an aromatic ring is 1. The topological polar surface area (TPSA) is 26.0 Å². The maximum absolute atomic E-state index is 7.22. The van der Waals surface area contributed by atoms with Crippen LogP contribution in [0.15, 0.2) is 24.2 Å². The van der Waals surface area contributed by atoms with Crippen LogP contribution in [0.3, 0.4) is 0 Å². The van der Waals surface area contributed by atoms with Crippen molar-refractivity contribution in [3.05, 3.63) is 29.2 Å². The average molecular weight is 132 g/mol. The number of hydrogen-bond donors (Lipinski definition) is 1. The Morgan fingerprint density at radius 1 is 1.38 bits per heavy atom. The molecule has 0 aliphatic carbocycles. The van der Waals surface area contributed by atoms with E-state index in [1.807, 2.05) is 0 Å². The maximum Gasteiger partial charge on any atom is 0.0645 e. The molecule has 0 saturated carbocycles. The SMILES string of the molecule is [2H]c1c([2H])c(Cl)c([2H])c([2H])c1N. The maximum atomic E-state index is 7.22. The monoisotopic (exact) mass is 131 g/mol. The number of hydrogen-bond acceptors (Lipinski definition) is 1. The molecule has 0 aromatic heterocycles. The van der Waals surface area contributed by atoms with Gasteiger partial charge >= 0.3 is 0 Å². The Morgan fingerprint density at radius 3 is 2.38 bits per heavy atom. The van der Waals surface area contributed by atoms with Crippen molar-refractivity contribution in [2.45, 2.75) is 0 Å². The molecule has 0 saturated heterocycles. The molecule has 2 N–H and O–H groups in total. The minimum atomic E-state index is -0.296. The molecule has 0 unspecified atom stereocenters. The fraction of sp³-hybridized carbons (Fsp3) is 0. The number of halogens is 1. The molecule has 0 heterocycles. The molecule has 1 rings (SSSR count). The minimum absolute atomic E-state index is 0.172. The van der Waals surface area contributed by atoms with Crippen molar-refractivity contribution in [1.29, 1.82) is 0 Å². The first-order chi connectivity index (χ1) is 5.46. The smallest absolute Gasteiger partial charge is 0.0645 e. The van der Waals surface area contributed by atoms with Crippen molar-refractivity contribution >= 4 is 17.3 Å². The third-order valence-electron chi connectivity index (χ3n) is 0.614. The number of nitrogens with two attached hydrogens (primary N) is 1. The van der Waals surface area contributed by atoms with Crippen LogP contribution >= 0.6 is 11.6 Å². The van der Waals surface area contributed by atoms with Gasteiger partial charge in [-0.05, 0) is 24.2 Å². The molecule has 0 radical (unpaired) electrons. The van der Waals surface area contributed by atoms with Crippen LogP contribution in [0, 0.1) is 0 Å². The van der Waals surface area contributed by atoms with E-state index in [4.69, 9.17) is 22.8 Å². The molecule has 2 heteroatoms. The lowest BCUT2D eigenvalue weighted by Crippen LogP contribution is -1.80. The highest BCUT2D eigenvalue weighted by Gasteiger charge is 1.82. The lowest BCUT2D eigenvalue weighted by Gasteiger charge is -1.88. The molecular weight excluding hydrogens is 122 g/mol. The summed E-state index contributed by atoms with van der Waals surface area (Å²) < 4.78 is 28.9.